The van der Waals surface area contributed by atoms with Gasteiger partial charge in [-0.15, -0.1) is 10.2 Å². The zero-order valence-electron chi connectivity index (χ0n) is 13.1. The molecule has 0 bridgehead atoms. The van der Waals surface area contributed by atoms with Gasteiger partial charge in [-0.2, -0.15) is 0 Å². The second-order valence-electron chi connectivity index (χ2n) is 5.80. The normalized spacial score (nSPS) is 21.5. The number of aromatic nitrogens is 2. The lowest BCUT2D eigenvalue weighted by Gasteiger charge is -2.29. The molecule has 0 radical (unpaired) electrons. The Bertz CT molecular complexity index is 518. The largest absolute Gasteiger partial charge is 0.352 e. The van der Waals surface area contributed by atoms with Crippen molar-refractivity contribution in [1.29, 1.82) is 0 Å². The molecule has 0 saturated heterocycles. The smallest absolute Gasteiger partial charge is 0.230 e. The molecule has 1 heterocycles. The third-order valence-corrected chi connectivity index (χ3v) is 7.04. The van der Waals surface area contributed by atoms with Gasteiger partial charge in [0, 0.05) is 11.8 Å². The molecule has 1 fully saturated rings. The van der Waals surface area contributed by atoms with Crippen molar-refractivity contribution in [2.45, 2.75) is 54.3 Å². The Labute approximate surface area is 144 Å². The van der Waals surface area contributed by atoms with Crippen molar-refractivity contribution in [1.82, 2.24) is 15.5 Å². The first-order valence-electron chi connectivity index (χ1n) is 7.57. The minimum atomic E-state index is 0.107. The topological polar surface area (TPSA) is 54.9 Å². The van der Waals surface area contributed by atoms with Crippen LogP contribution in [-0.4, -0.2) is 33.7 Å². The molecule has 1 amide bonds. The average molecular weight is 358 g/mol. The fraction of sp³-hybridized carbons (Fsp3) is 0.667. The van der Waals surface area contributed by atoms with E-state index in [9.17, 15) is 4.79 Å². The predicted molar refractivity (Wildman–Crippen MR) is 95.7 cm³/mol. The number of nitrogens with zero attached hydrogens (tertiary/aromatic N) is 2. The van der Waals surface area contributed by atoms with Crippen molar-refractivity contribution in [3.63, 3.8) is 0 Å². The van der Waals surface area contributed by atoms with Crippen LogP contribution in [0.1, 0.15) is 39.5 Å². The molecular weight excluding hydrogens is 334 g/mol. The lowest BCUT2D eigenvalue weighted by atomic mass is 9.86. The molecule has 122 valence electrons. The van der Waals surface area contributed by atoms with Crippen LogP contribution in [0, 0.1) is 5.92 Å². The summed E-state index contributed by atoms with van der Waals surface area (Å²) in [6.07, 6.45) is 4.84. The Balaban J connectivity index is 1.72. The number of carbonyl (C=O) groups excluding carboxylic acids is 1. The molecule has 1 N–H and O–H groups in total. The van der Waals surface area contributed by atoms with Crippen LogP contribution in [0.25, 0.3) is 0 Å². The summed E-state index contributed by atoms with van der Waals surface area (Å²) in [5.74, 6) is 1.98. The van der Waals surface area contributed by atoms with Gasteiger partial charge >= 0.3 is 0 Å². The fourth-order valence-electron chi connectivity index (χ4n) is 2.41. The van der Waals surface area contributed by atoms with Crippen LogP contribution < -0.4 is 5.32 Å². The van der Waals surface area contributed by atoms with Crippen molar-refractivity contribution in [3.05, 3.63) is 12.2 Å². The first-order valence-corrected chi connectivity index (χ1v) is 10.4. The van der Waals surface area contributed by atoms with Gasteiger partial charge in [0.05, 0.1) is 5.75 Å². The second kappa shape index (κ2) is 8.93. The van der Waals surface area contributed by atoms with Crippen LogP contribution in [0.3, 0.4) is 0 Å². The molecule has 2 atom stereocenters. The monoisotopic (exact) mass is 357 g/mol. The Hall–Kier alpha value is -0.530. The third-order valence-electron chi connectivity index (χ3n) is 3.61. The van der Waals surface area contributed by atoms with Crippen molar-refractivity contribution in [3.8, 4) is 0 Å². The third kappa shape index (κ3) is 5.93. The number of nitrogens with one attached hydrogen (secondary N) is 1. The molecule has 1 saturated carbocycles. The van der Waals surface area contributed by atoms with E-state index in [1.165, 1.54) is 31.0 Å². The average Bonchev–Trinajstić information content (AvgIpc) is 2.93. The summed E-state index contributed by atoms with van der Waals surface area (Å²) in [5.41, 5.74) is 1.12. The predicted octanol–water partition coefficient (Wildman–Crippen LogP) is 3.99. The quantitative estimate of drug-likeness (QED) is 0.590. The highest BCUT2D eigenvalue weighted by molar-refractivity contribution is 8.03. The Morgan fingerprint density at radius 1 is 1.27 bits per heavy atom. The lowest BCUT2D eigenvalue weighted by molar-refractivity contribution is -0.119. The van der Waals surface area contributed by atoms with Gasteiger partial charge in [0.2, 0.25) is 5.91 Å². The highest BCUT2D eigenvalue weighted by Gasteiger charge is 2.22. The van der Waals surface area contributed by atoms with Gasteiger partial charge < -0.3 is 5.32 Å². The van der Waals surface area contributed by atoms with Crippen molar-refractivity contribution in [2.75, 3.05) is 11.5 Å². The molecule has 7 heteroatoms. The highest BCUT2D eigenvalue weighted by Crippen LogP contribution is 2.29. The molecule has 22 heavy (non-hydrogen) atoms. The molecule has 0 aliphatic heterocycles. The van der Waals surface area contributed by atoms with E-state index >= 15 is 0 Å². The van der Waals surface area contributed by atoms with E-state index in [1.807, 2.05) is 6.92 Å². The van der Waals surface area contributed by atoms with Crippen molar-refractivity contribution >= 4 is 40.8 Å². The van der Waals surface area contributed by atoms with Crippen molar-refractivity contribution < 1.29 is 4.79 Å². The van der Waals surface area contributed by atoms with E-state index in [0.29, 0.717) is 17.7 Å². The summed E-state index contributed by atoms with van der Waals surface area (Å²) < 4.78 is 1.79. The van der Waals surface area contributed by atoms with E-state index in [1.54, 1.807) is 23.1 Å². The standard InChI is InChI=1S/C15H23N3OS3/c1-10(2)8-20-14-17-18-15(22-14)21-9-13(19)16-12-7-5-4-6-11(12)3/h11-12H,1,4-9H2,2-3H3,(H,16,19)/t11-,12-/m1/s1. The Morgan fingerprint density at radius 2 is 1.91 bits per heavy atom. The molecule has 1 aromatic heterocycles. The summed E-state index contributed by atoms with van der Waals surface area (Å²) in [6.45, 7) is 8.11. The zero-order chi connectivity index (χ0) is 15.9. The van der Waals surface area contributed by atoms with Gasteiger partial charge in [-0.25, -0.2) is 0 Å². The van der Waals surface area contributed by atoms with Gasteiger partial charge in [-0.1, -0.05) is 66.8 Å². The number of hydrogen-bond donors (Lipinski definition) is 1. The maximum Gasteiger partial charge on any atom is 0.230 e. The summed E-state index contributed by atoms with van der Waals surface area (Å²) in [4.78, 5) is 12.1. The van der Waals surface area contributed by atoms with E-state index in [-0.39, 0.29) is 5.91 Å². The Morgan fingerprint density at radius 3 is 2.55 bits per heavy atom. The van der Waals surface area contributed by atoms with E-state index < -0.39 is 0 Å². The lowest BCUT2D eigenvalue weighted by Crippen LogP contribution is -2.41. The van der Waals surface area contributed by atoms with Gasteiger partial charge in [-0.3, -0.25) is 4.79 Å². The SMILES string of the molecule is C=C(C)CSc1nnc(SCC(=O)N[C@@H]2CCCC[C@H]2C)s1. The zero-order valence-corrected chi connectivity index (χ0v) is 15.6. The number of rotatable bonds is 7. The maximum absolute atomic E-state index is 12.1. The van der Waals surface area contributed by atoms with Crippen LogP contribution in [0.15, 0.2) is 20.8 Å². The number of amides is 1. The summed E-state index contributed by atoms with van der Waals surface area (Å²) in [7, 11) is 0. The van der Waals surface area contributed by atoms with E-state index in [4.69, 9.17) is 0 Å². The minimum absolute atomic E-state index is 0.107. The number of carbonyl (C=O) groups is 1. The number of thioether (sulfide) groups is 2. The first kappa shape index (κ1) is 17.8. The van der Waals surface area contributed by atoms with E-state index in [2.05, 4.69) is 29.0 Å². The fourth-order valence-corrected chi connectivity index (χ4v) is 5.08. The van der Waals surface area contributed by atoms with E-state index in [0.717, 1.165) is 26.4 Å². The second-order valence-corrected chi connectivity index (χ2v) is 9.23. The molecule has 2 rings (SSSR count). The van der Waals surface area contributed by atoms with Gasteiger partial charge in [0.15, 0.2) is 8.68 Å². The molecular formula is C15H23N3OS3. The molecule has 1 aromatic rings. The summed E-state index contributed by atoms with van der Waals surface area (Å²) in [5, 5.41) is 11.4. The molecule has 0 aromatic carbocycles. The summed E-state index contributed by atoms with van der Waals surface area (Å²) in [6, 6.07) is 0.345. The van der Waals surface area contributed by atoms with Crippen LogP contribution in [-0.2, 0) is 4.79 Å². The van der Waals surface area contributed by atoms with Gasteiger partial charge in [-0.05, 0) is 25.7 Å². The molecule has 0 unspecified atom stereocenters. The van der Waals surface area contributed by atoms with Gasteiger partial charge in [0.1, 0.15) is 0 Å². The first-order chi connectivity index (χ1) is 10.5. The van der Waals surface area contributed by atoms with Crippen LogP contribution in [0.5, 0.6) is 0 Å². The van der Waals surface area contributed by atoms with Crippen LogP contribution in [0.4, 0.5) is 0 Å². The number of hydrogen-bond acceptors (Lipinski definition) is 6. The van der Waals surface area contributed by atoms with Crippen molar-refractivity contribution in [2.24, 2.45) is 5.92 Å². The molecule has 1 aliphatic carbocycles. The Kier molecular flexibility index (Phi) is 7.24. The van der Waals surface area contributed by atoms with Gasteiger partial charge in [0.25, 0.3) is 0 Å². The van der Waals surface area contributed by atoms with Crippen LogP contribution in [0.2, 0.25) is 0 Å². The van der Waals surface area contributed by atoms with Crippen LogP contribution >= 0.6 is 34.9 Å². The molecule has 0 spiro atoms. The maximum atomic E-state index is 12.1. The molecule has 4 nitrogen and oxygen atoms in total. The minimum Gasteiger partial charge on any atom is -0.352 e. The highest BCUT2D eigenvalue weighted by atomic mass is 32.2. The summed E-state index contributed by atoms with van der Waals surface area (Å²) >= 11 is 4.66. The molecule has 1 aliphatic rings.